The number of carbonyl (C=O) groups is 2. The van der Waals surface area contributed by atoms with Crippen molar-refractivity contribution in [1.29, 1.82) is 0 Å². The summed E-state index contributed by atoms with van der Waals surface area (Å²) >= 11 is 0. The highest BCUT2D eigenvalue weighted by atomic mass is 32.2. The average Bonchev–Trinajstić information content (AvgIpc) is 3.69. The first-order chi connectivity index (χ1) is 23.6. The predicted molar refractivity (Wildman–Crippen MR) is 204 cm³/mol. The maximum absolute atomic E-state index is 13.2. The van der Waals surface area contributed by atoms with Crippen LogP contribution in [-0.2, 0) is 24.2 Å². The summed E-state index contributed by atoms with van der Waals surface area (Å²) in [6.45, 7) is 27.5. The van der Waals surface area contributed by atoms with Crippen molar-refractivity contribution in [3.63, 3.8) is 0 Å². The van der Waals surface area contributed by atoms with Crippen LogP contribution in [0.2, 0.25) is 0 Å². The molecule has 7 aliphatic rings. The molecule has 2 aliphatic heterocycles. The van der Waals surface area contributed by atoms with Gasteiger partial charge >= 0.3 is 5.97 Å². The molecule has 51 heavy (non-hydrogen) atoms. The van der Waals surface area contributed by atoms with Crippen molar-refractivity contribution in [2.24, 2.45) is 56.7 Å². The van der Waals surface area contributed by atoms with E-state index in [-0.39, 0.29) is 62.8 Å². The molecule has 5 saturated carbocycles. The molecule has 2 saturated heterocycles. The molecule has 0 aromatic rings. The van der Waals surface area contributed by atoms with Crippen molar-refractivity contribution in [1.82, 2.24) is 10.2 Å². The minimum absolute atomic E-state index is 0.0294. The molecule has 0 amide bonds. The van der Waals surface area contributed by atoms with E-state index in [4.69, 9.17) is 4.74 Å². The highest BCUT2D eigenvalue weighted by Crippen LogP contribution is 2.76. The third-order valence-corrected chi connectivity index (χ3v) is 20.3. The largest absolute Gasteiger partial charge is 0.462 e. The second kappa shape index (κ2) is 12.4. The molecule has 8 heteroatoms. The Bertz CT molecular complexity index is 1550. The molecule has 12 atom stereocenters. The van der Waals surface area contributed by atoms with Crippen LogP contribution < -0.4 is 5.32 Å². The summed E-state index contributed by atoms with van der Waals surface area (Å²) in [6, 6.07) is 0.217. The second-order valence-electron chi connectivity index (χ2n) is 21.1. The van der Waals surface area contributed by atoms with Crippen LogP contribution in [-0.4, -0.2) is 73.4 Å². The summed E-state index contributed by atoms with van der Waals surface area (Å²) in [6.07, 6.45) is 12.8. The normalized spacial score (nSPS) is 46.8. The zero-order chi connectivity index (χ0) is 37.2. The van der Waals surface area contributed by atoms with Crippen LogP contribution in [0.1, 0.15) is 139 Å². The van der Waals surface area contributed by atoms with E-state index >= 15 is 0 Å². The van der Waals surface area contributed by atoms with Crippen molar-refractivity contribution in [3.05, 3.63) is 12.2 Å². The zero-order valence-corrected chi connectivity index (χ0v) is 34.4. The number of carbonyl (C=O) groups excluding carboxylic acids is 2. The molecule has 7 rings (SSSR count). The summed E-state index contributed by atoms with van der Waals surface area (Å²) in [4.78, 5) is 27.8. The number of ether oxygens (including phenoxy) is 1. The molecule has 0 spiro atoms. The van der Waals surface area contributed by atoms with Gasteiger partial charge in [0.05, 0.1) is 17.4 Å². The fraction of sp³-hybridized carbons (Fsp3) is 0.907. The van der Waals surface area contributed by atoms with Gasteiger partial charge < -0.3 is 10.1 Å². The third kappa shape index (κ3) is 5.70. The van der Waals surface area contributed by atoms with E-state index in [1.54, 1.807) is 6.92 Å². The monoisotopic (exact) mass is 727 g/mol. The lowest BCUT2D eigenvalue weighted by Gasteiger charge is -2.73. The zero-order valence-electron chi connectivity index (χ0n) is 33.5. The van der Waals surface area contributed by atoms with Crippen molar-refractivity contribution < 1.29 is 22.7 Å². The molecule has 0 aromatic carbocycles. The van der Waals surface area contributed by atoms with Gasteiger partial charge in [0.1, 0.15) is 11.9 Å². The molecule has 2 heterocycles. The lowest BCUT2D eigenvalue weighted by molar-refractivity contribution is -0.246. The Kier molecular flexibility index (Phi) is 9.24. The summed E-state index contributed by atoms with van der Waals surface area (Å²) in [5.41, 5.74) is 1.39. The minimum Gasteiger partial charge on any atom is -0.462 e. The van der Waals surface area contributed by atoms with E-state index in [2.05, 4.69) is 58.3 Å². The van der Waals surface area contributed by atoms with Gasteiger partial charge in [0.2, 0.25) is 0 Å². The molecule has 0 aromatic heterocycles. The first-order valence-corrected chi connectivity index (χ1v) is 22.4. The molecule has 288 valence electrons. The SMILES string of the molecule is C=C(C)[C@@H]1CC[C@]2(NCCN3C[C@@H]4CC3CS4(=O)=O)CC[C@]3(C)[C@H](CC[C@@H]4[C@@]5(C)CC[C@H](OC(=O)CC(C)(C)C(C)=O)C(C)(C)[C@@H]5CC[C@]43C)[C@@H]12. The number of nitrogens with zero attached hydrogens (tertiary/aromatic N) is 1. The van der Waals surface area contributed by atoms with Gasteiger partial charge in [-0.2, -0.15) is 0 Å². The van der Waals surface area contributed by atoms with Crippen molar-refractivity contribution >= 4 is 21.6 Å². The van der Waals surface area contributed by atoms with Crippen LogP contribution in [0.25, 0.3) is 0 Å². The van der Waals surface area contributed by atoms with Gasteiger partial charge in [-0.15, -0.1) is 0 Å². The summed E-state index contributed by atoms with van der Waals surface area (Å²) < 4.78 is 31.1. The quantitative estimate of drug-likeness (QED) is 0.192. The Labute approximate surface area is 310 Å². The van der Waals surface area contributed by atoms with Gasteiger partial charge in [0.25, 0.3) is 0 Å². The highest BCUT2D eigenvalue weighted by Gasteiger charge is 2.71. The smallest absolute Gasteiger partial charge is 0.307 e. The maximum Gasteiger partial charge on any atom is 0.307 e. The fourth-order valence-electron chi connectivity index (χ4n) is 14.8. The van der Waals surface area contributed by atoms with Crippen LogP contribution in [0, 0.1) is 56.7 Å². The first-order valence-electron chi connectivity index (χ1n) is 20.7. The topological polar surface area (TPSA) is 92.8 Å². The van der Waals surface area contributed by atoms with E-state index in [9.17, 15) is 18.0 Å². The minimum atomic E-state index is -2.87. The summed E-state index contributed by atoms with van der Waals surface area (Å²) in [5.74, 6) is 3.10. The molecule has 7 fully saturated rings. The number of hydrogen-bond acceptors (Lipinski definition) is 7. The lowest BCUT2D eigenvalue weighted by atomic mass is 9.32. The van der Waals surface area contributed by atoms with E-state index in [1.165, 1.54) is 56.9 Å². The molecular weight excluding hydrogens is 657 g/mol. The Morgan fingerprint density at radius 3 is 2.25 bits per heavy atom. The van der Waals surface area contributed by atoms with Gasteiger partial charge in [-0.1, -0.05) is 60.6 Å². The standard InChI is InChI=1S/C43H70N2O5S/c1-27(2)31-13-18-43(44-21-22-45-25-30-23-29(45)26-51(30,48)49)20-19-41(9)32(37(31)43)11-12-34-40(8)16-15-35(50-36(47)24-38(4,5)28(3)46)39(6,7)33(40)14-17-42(34,41)10/h29-35,37,44H,1,11-26H2,2-10H3/t29?,30-,31-,32+,33-,34+,35-,37+,40-,41+,42+,43-/m0/s1. The maximum atomic E-state index is 13.2. The van der Waals surface area contributed by atoms with Gasteiger partial charge in [-0.3, -0.25) is 14.5 Å². The number of ketones is 1. The van der Waals surface area contributed by atoms with E-state index < -0.39 is 15.3 Å². The Hall–Kier alpha value is -1.25. The number of Topliss-reactive ketones (excluding diaryl/α,β-unsaturated/α-hetero) is 1. The molecule has 5 aliphatic carbocycles. The molecule has 1 unspecified atom stereocenters. The molecule has 1 N–H and O–H groups in total. The molecule has 7 nitrogen and oxygen atoms in total. The van der Waals surface area contributed by atoms with Crippen molar-refractivity contribution in [2.45, 2.75) is 162 Å². The van der Waals surface area contributed by atoms with Crippen LogP contribution in [0.4, 0.5) is 0 Å². The second-order valence-corrected chi connectivity index (χ2v) is 23.4. The predicted octanol–water partition coefficient (Wildman–Crippen LogP) is 7.77. The van der Waals surface area contributed by atoms with Gasteiger partial charge in [-0.05, 0) is 130 Å². The van der Waals surface area contributed by atoms with Crippen molar-refractivity contribution in [3.8, 4) is 0 Å². The van der Waals surface area contributed by atoms with E-state index in [0.717, 1.165) is 38.9 Å². The van der Waals surface area contributed by atoms with Crippen LogP contribution in [0.5, 0.6) is 0 Å². The van der Waals surface area contributed by atoms with Gasteiger partial charge in [-0.25, -0.2) is 8.42 Å². The van der Waals surface area contributed by atoms with Crippen LogP contribution in [0.15, 0.2) is 12.2 Å². The van der Waals surface area contributed by atoms with Gasteiger partial charge in [0, 0.05) is 42.0 Å². The number of sulfone groups is 1. The Balaban J connectivity index is 1.09. The number of esters is 1. The third-order valence-electron chi connectivity index (χ3n) is 18.1. The van der Waals surface area contributed by atoms with E-state index in [1.807, 2.05) is 13.8 Å². The van der Waals surface area contributed by atoms with Gasteiger partial charge in [0.15, 0.2) is 9.84 Å². The van der Waals surface area contributed by atoms with Crippen molar-refractivity contribution in [2.75, 3.05) is 25.4 Å². The lowest BCUT2D eigenvalue weighted by Crippen LogP contribution is -2.69. The molecular formula is C43H70N2O5S. The highest BCUT2D eigenvalue weighted by molar-refractivity contribution is 7.92. The number of fused-ring (bicyclic) bond motifs is 9. The molecule has 0 radical (unpaired) electrons. The number of rotatable bonds is 9. The number of hydrogen-bond donors (Lipinski definition) is 1. The average molecular weight is 727 g/mol. The number of allylic oxidation sites excluding steroid dienone is 1. The number of likely N-dealkylation sites (tertiary alicyclic amines) is 1. The fourth-order valence-corrected chi connectivity index (χ4v) is 16.9. The molecule has 2 bridgehead atoms. The summed E-state index contributed by atoms with van der Waals surface area (Å²) in [7, 11) is -2.87. The Morgan fingerprint density at radius 2 is 1.63 bits per heavy atom. The number of nitrogens with one attached hydrogen (secondary N) is 1. The van der Waals surface area contributed by atoms with Crippen LogP contribution >= 0.6 is 0 Å². The van der Waals surface area contributed by atoms with E-state index in [0.29, 0.717) is 35.3 Å². The Morgan fingerprint density at radius 1 is 0.902 bits per heavy atom. The summed E-state index contributed by atoms with van der Waals surface area (Å²) in [5, 5.41) is 4.09. The first kappa shape index (κ1) is 38.0. The van der Waals surface area contributed by atoms with Crippen LogP contribution in [0.3, 0.4) is 0 Å².